The summed E-state index contributed by atoms with van der Waals surface area (Å²) in [5, 5.41) is 12.7. The molecule has 0 spiro atoms. The third-order valence-electron chi connectivity index (χ3n) is 1.58. The summed E-state index contributed by atoms with van der Waals surface area (Å²) in [5.74, 6) is -0.609. The van der Waals surface area contributed by atoms with Crippen molar-refractivity contribution >= 4 is 6.29 Å². The third-order valence-corrected chi connectivity index (χ3v) is 1.58. The van der Waals surface area contributed by atoms with Gasteiger partial charge in [-0.05, 0) is 17.3 Å². The Kier molecular flexibility index (Phi) is 1.98. The highest BCUT2D eigenvalue weighted by atomic mass is 19.1. The van der Waals surface area contributed by atoms with Gasteiger partial charge in [-0.25, -0.2) is 4.98 Å². The van der Waals surface area contributed by atoms with E-state index < -0.39 is 5.95 Å². The van der Waals surface area contributed by atoms with E-state index in [1.54, 1.807) is 0 Å². The minimum absolute atomic E-state index is 0.0775. The van der Waals surface area contributed by atoms with Gasteiger partial charge in [0, 0.05) is 5.56 Å². The molecule has 0 fully saturated rings. The van der Waals surface area contributed by atoms with Crippen molar-refractivity contribution in [3.05, 3.63) is 23.6 Å². The van der Waals surface area contributed by atoms with Gasteiger partial charge in [-0.2, -0.15) is 9.60 Å². The molecule has 0 aliphatic rings. The zero-order valence-electron chi connectivity index (χ0n) is 6.81. The van der Waals surface area contributed by atoms with E-state index in [-0.39, 0.29) is 17.1 Å². The van der Waals surface area contributed by atoms with E-state index in [4.69, 9.17) is 0 Å². The molecule has 14 heavy (non-hydrogen) atoms. The molecule has 70 valence electrons. The molecule has 0 bridgehead atoms. The highest BCUT2D eigenvalue weighted by molar-refractivity contribution is 5.83. The first-order chi connectivity index (χ1) is 6.81. The molecule has 0 aromatic carbocycles. The summed E-state index contributed by atoms with van der Waals surface area (Å²) in [5.41, 5.74) is 0.293. The molecule has 0 saturated carbocycles. The molecule has 7 heteroatoms. The zero-order valence-corrected chi connectivity index (χ0v) is 6.81. The molecule has 6 nitrogen and oxygen atoms in total. The number of halogens is 1. The number of rotatable bonds is 2. The van der Waals surface area contributed by atoms with Crippen molar-refractivity contribution in [2.45, 2.75) is 0 Å². The fourth-order valence-corrected chi connectivity index (χ4v) is 0.982. The number of nitrogens with one attached hydrogen (secondary N) is 1. The van der Waals surface area contributed by atoms with E-state index in [0.29, 0.717) is 6.29 Å². The Morgan fingerprint density at radius 3 is 2.93 bits per heavy atom. The maximum atomic E-state index is 12.8. The van der Waals surface area contributed by atoms with Gasteiger partial charge in [-0.15, -0.1) is 10.2 Å². The van der Waals surface area contributed by atoms with Gasteiger partial charge in [-0.1, -0.05) is 0 Å². The molecule has 2 aromatic rings. The van der Waals surface area contributed by atoms with Gasteiger partial charge in [0.15, 0.2) is 6.29 Å². The SMILES string of the molecule is O=Cc1ccc(F)nc1-c1nn[nH]n1. The van der Waals surface area contributed by atoms with Crippen molar-refractivity contribution in [2.75, 3.05) is 0 Å². The molecule has 0 unspecified atom stereocenters. The largest absolute Gasteiger partial charge is 0.298 e. The molecule has 1 N–H and O–H groups in total. The standard InChI is InChI=1S/C7H4FN5O/c8-5-2-1-4(3-14)6(9-5)7-10-12-13-11-7/h1-3H,(H,10,11,12,13). The van der Waals surface area contributed by atoms with Crippen LogP contribution in [0.5, 0.6) is 0 Å². The van der Waals surface area contributed by atoms with Crippen molar-refractivity contribution in [2.24, 2.45) is 0 Å². The zero-order chi connectivity index (χ0) is 9.97. The molecule has 0 aliphatic heterocycles. The predicted octanol–water partition coefficient (Wildman–Crippen LogP) is 0.213. The lowest BCUT2D eigenvalue weighted by atomic mass is 10.2. The lowest BCUT2D eigenvalue weighted by Crippen LogP contribution is -1.96. The molecule has 2 rings (SSSR count). The number of aromatic amines is 1. The van der Waals surface area contributed by atoms with Crippen molar-refractivity contribution in [1.29, 1.82) is 0 Å². The summed E-state index contributed by atoms with van der Waals surface area (Å²) in [4.78, 5) is 14.1. The quantitative estimate of drug-likeness (QED) is 0.544. The van der Waals surface area contributed by atoms with Crippen LogP contribution in [0.1, 0.15) is 10.4 Å². The van der Waals surface area contributed by atoms with Gasteiger partial charge in [0.05, 0.1) is 0 Å². The van der Waals surface area contributed by atoms with Gasteiger partial charge in [0.1, 0.15) is 5.69 Å². The topological polar surface area (TPSA) is 84.4 Å². The highest BCUT2D eigenvalue weighted by Gasteiger charge is 2.11. The maximum Gasteiger partial charge on any atom is 0.223 e. The van der Waals surface area contributed by atoms with Crippen LogP contribution in [0.3, 0.4) is 0 Å². The summed E-state index contributed by atoms with van der Waals surface area (Å²) < 4.78 is 12.8. The Hall–Kier alpha value is -2.18. The predicted molar refractivity (Wildman–Crippen MR) is 42.8 cm³/mol. The van der Waals surface area contributed by atoms with E-state index in [0.717, 1.165) is 6.07 Å². The number of aromatic nitrogens is 5. The molecular formula is C7H4FN5O. The first kappa shape index (κ1) is 8.42. The number of pyridine rings is 1. The molecule has 0 amide bonds. The lowest BCUT2D eigenvalue weighted by molar-refractivity contribution is 0.112. The normalized spacial score (nSPS) is 10.1. The molecule has 0 radical (unpaired) electrons. The fraction of sp³-hybridized carbons (Fsp3) is 0. The minimum Gasteiger partial charge on any atom is -0.298 e. The Balaban J connectivity index is 2.61. The van der Waals surface area contributed by atoms with Crippen LogP contribution in [-0.4, -0.2) is 31.9 Å². The Morgan fingerprint density at radius 2 is 2.29 bits per heavy atom. The smallest absolute Gasteiger partial charge is 0.223 e. The summed E-state index contributed by atoms with van der Waals surface area (Å²) in [6.45, 7) is 0. The molecule has 2 heterocycles. The number of nitrogens with zero attached hydrogens (tertiary/aromatic N) is 4. The first-order valence-electron chi connectivity index (χ1n) is 3.67. The van der Waals surface area contributed by atoms with Crippen molar-refractivity contribution < 1.29 is 9.18 Å². The Bertz CT molecular complexity index is 455. The molecular weight excluding hydrogens is 189 g/mol. The summed E-state index contributed by atoms with van der Waals surface area (Å²) in [7, 11) is 0. The monoisotopic (exact) mass is 193 g/mol. The van der Waals surface area contributed by atoms with Gasteiger partial charge in [0.25, 0.3) is 0 Å². The van der Waals surface area contributed by atoms with E-state index in [2.05, 4.69) is 25.6 Å². The number of carbonyl (C=O) groups is 1. The number of aldehydes is 1. The maximum absolute atomic E-state index is 12.8. The summed E-state index contributed by atoms with van der Waals surface area (Å²) in [6, 6.07) is 2.40. The van der Waals surface area contributed by atoms with Crippen LogP contribution in [-0.2, 0) is 0 Å². The van der Waals surface area contributed by atoms with E-state index in [9.17, 15) is 9.18 Å². The minimum atomic E-state index is -0.699. The number of tetrazole rings is 1. The first-order valence-corrected chi connectivity index (χ1v) is 3.67. The number of carbonyl (C=O) groups excluding carboxylic acids is 1. The van der Waals surface area contributed by atoms with Crippen LogP contribution in [0.2, 0.25) is 0 Å². The lowest BCUT2D eigenvalue weighted by Gasteiger charge is -1.97. The molecule has 0 aliphatic carbocycles. The van der Waals surface area contributed by atoms with Crippen LogP contribution in [0, 0.1) is 5.95 Å². The van der Waals surface area contributed by atoms with Crippen molar-refractivity contribution in [3.63, 3.8) is 0 Å². The highest BCUT2D eigenvalue weighted by Crippen LogP contribution is 2.14. The summed E-state index contributed by atoms with van der Waals surface area (Å²) >= 11 is 0. The van der Waals surface area contributed by atoms with E-state index in [1.807, 2.05) is 0 Å². The fourth-order valence-electron chi connectivity index (χ4n) is 0.982. The number of hydrogen-bond acceptors (Lipinski definition) is 5. The van der Waals surface area contributed by atoms with Crippen LogP contribution < -0.4 is 0 Å². The van der Waals surface area contributed by atoms with Gasteiger partial charge < -0.3 is 0 Å². The van der Waals surface area contributed by atoms with Crippen LogP contribution >= 0.6 is 0 Å². The third kappa shape index (κ3) is 1.35. The van der Waals surface area contributed by atoms with Crippen molar-refractivity contribution in [1.82, 2.24) is 25.6 Å². The Morgan fingerprint density at radius 1 is 1.43 bits per heavy atom. The van der Waals surface area contributed by atoms with Crippen LogP contribution in [0.25, 0.3) is 11.5 Å². The summed E-state index contributed by atoms with van der Waals surface area (Å²) in [6.07, 6.45) is 0.554. The Labute approximate surface area is 77.2 Å². The molecule has 0 saturated heterocycles. The van der Waals surface area contributed by atoms with Gasteiger partial charge in [0.2, 0.25) is 11.8 Å². The van der Waals surface area contributed by atoms with E-state index >= 15 is 0 Å². The average molecular weight is 193 g/mol. The second-order valence-electron chi connectivity index (χ2n) is 2.43. The average Bonchev–Trinajstić information content (AvgIpc) is 2.70. The van der Waals surface area contributed by atoms with Crippen LogP contribution in [0.4, 0.5) is 4.39 Å². The van der Waals surface area contributed by atoms with Crippen molar-refractivity contribution in [3.8, 4) is 11.5 Å². The van der Waals surface area contributed by atoms with E-state index in [1.165, 1.54) is 6.07 Å². The number of H-pyrrole nitrogens is 1. The second-order valence-corrected chi connectivity index (χ2v) is 2.43. The molecule has 0 atom stereocenters. The van der Waals surface area contributed by atoms with Gasteiger partial charge in [-0.3, -0.25) is 4.79 Å². The number of hydrogen-bond donors (Lipinski definition) is 1. The van der Waals surface area contributed by atoms with Crippen LogP contribution in [0.15, 0.2) is 12.1 Å². The molecule has 2 aromatic heterocycles. The van der Waals surface area contributed by atoms with Gasteiger partial charge >= 0.3 is 0 Å². The second kappa shape index (κ2) is 3.29.